The molecule has 3 heteroatoms. The molecule has 0 radical (unpaired) electrons. The van der Waals surface area contributed by atoms with Gasteiger partial charge in [0.25, 0.3) is 0 Å². The van der Waals surface area contributed by atoms with Crippen molar-refractivity contribution >= 4 is 0 Å². The highest BCUT2D eigenvalue weighted by Crippen LogP contribution is 2.39. The molecule has 2 N–H and O–H groups in total. The summed E-state index contributed by atoms with van der Waals surface area (Å²) in [5.74, 6) is 0.912. The second-order valence-corrected chi connectivity index (χ2v) is 7.30. The molecule has 1 saturated heterocycles. The van der Waals surface area contributed by atoms with Crippen LogP contribution < -0.4 is 10.5 Å². The van der Waals surface area contributed by atoms with Crippen LogP contribution in [0, 0.1) is 0 Å². The van der Waals surface area contributed by atoms with Gasteiger partial charge in [0, 0.05) is 12.5 Å². The third kappa shape index (κ3) is 4.21. The zero-order valence-corrected chi connectivity index (χ0v) is 14.0. The number of ether oxygens (including phenoxy) is 2. The van der Waals surface area contributed by atoms with Crippen LogP contribution in [0.2, 0.25) is 0 Å². The van der Waals surface area contributed by atoms with Crippen molar-refractivity contribution in [3.63, 3.8) is 0 Å². The van der Waals surface area contributed by atoms with Gasteiger partial charge in [0.1, 0.15) is 17.5 Å². The van der Waals surface area contributed by atoms with E-state index in [4.69, 9.17) is 15.2 Å². The molecule has 1 heterocycles. The maximum atomic E-state index is 6.22. The smallest absolute Gasteiger partial charge is 0.130 e. The first kappa shape index (κ1) is 16.3. The number of nitrogens with two attached hydrogens (primary N) is 1. The quantitative estimate of drug-likeness (QED) is 0.900. The normalized spacial score (nSPS) is 24.8. The summed E-state index contributed by atoms with van der Waals surface area (Å²) in [5, 5.41) is 0. The summed E-state index contributed by atoms with van der Waals surface area (Å²) in [6.07, 6.45) is 2.85. The Balaban J connectivity index is 2.08. The first-order valence-electron chi connectivity index (χ1n) is 7.93. The number of benzene rings is 1. The molecule has 2 rings (SSSR count). The lowest BCUT2D eigenvalue weighted by molar-refractivity contribution is -0.0846. The predicted octanol–water partition coefficient (Wildman–Crippen LogP) is 3.69. The van der Waals surface area contributed by atoms with Crippen molar-refractivity contribution < 1.29 is 9.47 Å². The Morgan fingerprint density at radius 2 is 2.05 bits per heavy atom. The predicted molar refractivity (Wildman–Crippen MR) is 86.7 cm³/mol. The molecule has 0 spiro atoms. The maximum Gasteiger partial charge on any atom is 0.130 e. The van der Waals surface area contributed by atoms with Crippen molar-refractivity contribution in [2.24, 2.45) is 5.73 Å². The van der Waals surface area contributed by atoms with E-state index in [0.29, 0.717) is 0 Å². The van der Waals surface area contributed by atoms with Crippen LogP contribution >= 0.6 is 0 Å². The zero-order chi connectivity index (χ0) is 15.7. The minimum Gasteiger partial charge on any atom is -0.487 e. The van der Waals surface area contributed by atoms with Crippen molar-refractivity contribution in [1.82, 2.24) is 0 Å². The molecule has 1 fully saturated rings. The molecule has 3 nitrogen and oxygen atoms in total. The lowest BCUT2D eigenvalue weighted by Gasteiger charge is -2.27. The number of hydrogen-bond acceptors (Lipinski definition) is 3. The van der Waals surface area contributed by atoms with Gasteiger partial charge >= 0.3 is 0 Å². The molecule has 2 unspecified atom stereocenters. The van der Waals surface area contributed by atoms with Crippen LogP contribution in [0.4, 0.5) is 0 Å². The third-order valence-corrected chi connectivity index (χ3v) is 4.19. The van der Waals surface area contributed by atoms with E-state index in [0.717, 1.165) is 25.0 Å². The van der Waals surface area contributed by atoms with Crippen molar-refractivity contribution in [3.05, 3.63) is 29.8 Å². The van der Waals surface area contributed by atoms with Crippen molar-refractivity contribution in [2.75, 3.05) is 0 Å². The molecule has 1 aliphatic rings. The Hall–Kier alpha value is -1.06. The van der Waals surface area contributed by atoms with Gasteiger partial charge in [-0.05, 0) is 58.2 Å². The molecule has 118 valence electrons. The van der Waals surface area contributed by atoms with Crippen LogP contribution in [0.25, 0.3) is 0 Å². The fraction of sp³-hybridized carbons (Fsp3) is 0.667. The molecule has 2 atom stereocenters. The van der Waals surface area contributed by atoms with Gasteiger partial charge in [0.15, 0.2) is 0 Å². The molecule has 1 aromatic rings. The third-order valence-electron chi connectivity index (χ3n) is 4.19. The minimum atomic E-state index is -0.265. The number of rotatable bonds is 5. The van der Waals surface area contributed by atoms with Crippen LogP contribution in [-0.2, 0) is 11.2 Å². The van der Waals surface area contributed by atoms with Crippen LogP contribution in [0.5, 0.6) is 5.75 Å². The monoisotopic (exact) mass is 291 g/mol. The standard InChI is InChI=1S/C18H29NO2/c1-6-14(19)10-13-8-7-9-15(11-13)20-16-12-17(2,3)21-18(16,4)5/h7-9,11,14,16H,6,10,12,19H2,1-5H3. The summed E-state index contributed by atoms with van der Waals surface area (Å²) in [7, 11) is 0. The van der Waals surface area contributed by atoms with Gasteiger partial charge in [-0.15, -0.1) is 0 Å². The molecule has 0 amide bonds. The van der Waals surface area contributed by atoms with E-state index >= 15 is 0 Å². The van der Waals surface area contributed by atoms with Crippen molar-refractivity contribution in [2.45, 2.75) is 77.2 Å². The molecule has 1 aliphatic heterocycles. The van der Waals surface area contributed by atoms with Gasteiger partial charge in [0.05, 0.1) is 5.60 Å². The summed E-state index contributed by atoms with van der Waals surface area (Å²) >= 11 is 0. The molecular formula is C18H29NO2. The van der Waals surface area contributed by atoms with E-state index in [1.54, 1.807) is 0 Å². The zero-order valence-electron chi connectivity index (χ0n) is 14.0. The highest BCUT2D eigenvalue weighted by Gasteiger charge is 2.47. The van der Waals surface area contributed by atoms with Crippen LogP contribution in [0.1, 0.15) is 53.0 Å². The van der Waals surface area contributed by atoms with Crippen LogP contribution in [-0.4, -0.2) is 23.3 Å². The first-order valence-corrected chi connectivity index (χ1v) is 7.93. The Kier molecular flexibility index (Phi) is 4.64. The fourth-order valence-corrected chi connectivity index (χ4v) is 3.05. The second kappa shape index (κ2) is 5.98. The first-order chi connectivity index (χ1) is 9.72. The average molecular weight is 291 g/mol. The Labute approximate surface area is 128 Å². The Morgan fingerprint density at radius 1 is 1.33 bits per heavy atom. The summed E-state index contributed by atoms with van der Waals surface area (Å²) in [6, 6.07) is 8.49. The topological polar surface area (TPSA) is 44.5 Å². The maximum absolute atomic E-state index is 6.22. The van der Waals surface area contributed by atoms with E-state index in [2.05, 4.69) is 46.8 Å². The van der Waals surface area contributed by atoms with Gasteiger partial charge in [-0.1, -0.05) is 19.1 Å². The second-order valence-electron chi connectivity index (χ2n) is 7.30. The summed E-state index contributed by atoms with van der Waals surface area (Å²) in [6.45, 7) is 10.6. The molecular weight excluding hydrogens is 262 g/mol. The lowest BCUT2D eigenvalue weighted by atomic mass is 9.97. The SMILES string of the molecule is CCC(N)Cc1cccc(OC2CC(C)(C)OC2(C)C)c1. The highest BCUT2D eigenvalue weighted by atomic mass is 16.6. The van der Waals surface area contributed by atoms with Gasteiger partial charge in [-0.25, -0.2) is 0 Å². The summed E-state index contributed by atoms with van der Waals surface area (Å²) in [4.78, 5) is 0. The lowest BCUT2D eigenvalue weighted by Crippen LogP contribution is -2.36. The van der Waals surface area contributed by atoms with Gasteiger partial charge in [0.2, 0.25) is 0 Å². The molecule has 0 aliphatic carbocycles. The molecule has 0 saturated carbocycles. The minimum absolute atomic E-state index is 0.0719. The fourth-order valence-electron chi connectivity index (χ4n) is 3.05. The molecule has 21 heavy (non-hydrogen) atoms. The van der Waals surface area contributed by atoms with Gasteiger partial charge in [-0.2, -0.15) is 0 Å². The number of hydrogen-bond donors (Lipinski definition) is 1. The van der Waals surface area contributed by atoms with E-state index in [1.165, 1.54) is 5.56 Å². The van der Waals surface area contributed by atoms with Crippen molar-refractivity contribution in [1.29, 1.82) is 0 Å². The molecule has 1 aromatic carbocycles. The van der Waals surface area contributed by atoms with Crippen LogP contribution in [0.15, 0.2) is 24.3 Å². The van der Waals surface area contributed by atoms with E-state index in [-0.39, 0.29) is 23.3 Å². The van der Waals surface area contributed by atoms with E-state index < -0.39 is 0 Å². The van der Waals surface area contributed by atoms with Crippen LogP contribution in [0.3, 0.4) is 0 Å². The molecule has 0 bridgehead atoms. The van der Waals surface area contributed by atoms with E-state index in [1.807, 2.05) is 12.1 Å². The summed E-state index contributed by atoms with van der Waals surface area (Å²) < 4.78 is 12.3. The Bertz CT molecular complexity index is 482. The highest BCUT2D eigenvalue weighted by molar-refractivity contribution is 5.29. The van der Waals surface area contributed by atoms with Crippen molar-refractivity contribution in [3.8, 4) is 5.75 Å². The average Bonchev–Trinajstić information content (AvgIpc) is 2.57. The summed E-state index contributed by atoms with van der Waals surface area (Å²) in [5.41, 5.74) is 6.88. The van der Waals surface area contributed by atoms with Gasteiger partial charge in [-0.3, -0.25) is 0 Å². The Morgan fingerprint density at radius 3 is 2.62 bits per heavy atom. The molecule has 0 aromatic heterocycles. The largest absolute Gasteiger partial charge is 0.487 e. The van der Waals surface area contributed by atoms with E-state index in [9.17, 15) is 0 Å². The van der Waals surface area contributed by atoms with Gasteiger partial charge < -0.3 is 15.2 Å².